The van der Waals surface area contributed by atoms with E-state index in [0.717, 1.165) is 0 Å². The zero-order valence-corrected chi connectivity index (χ0v) is 9.65. The van der Waals surface area contributed by atoms with Gasteiger partial charge in [0, 0.05) is 10.7 Å². The second-order valence-corrected chi connectivity index (χ2v) is 3.90. The van der Waals surface area contributed by atoms with Crippen molar-refractivity contribution in [3.63, 3.8) is 0 Å². The summed E-state index contributed by atoms with van der Waals surface area (Å²) in [6.07, 6.45) is 0. The van der Waals surface area contributed by atoms with Crippen molar-refractivity contribution in [2.45, 2.75) is 0 Å². The Morgan fingerprint density at radius 2 is 1.59 bits per heavy atom. The number of hydrogen-bond donors (Lipinski definition) is 1. The standard InChI is InChI=1S/C13H10ClNO2/c14-10-3-1-9(2-4-10)13(16)17-12-7-5-11(15)6-8-12/h1-8H,15H2. The molecule has 4 heteroatoms. The summed E-state index contributed by atoms with van der Waals surface area (Å²) in [5.41, 5.74) is 6.60. The second-order valence-electron chi connectivity index (χ2n) is 3.47. The Hall–Kier alpha value is -2.00. The Labute approximate surface area is 104 Å². The van der Waals surface area contributed by atoms with Gasteiger partial charge in [-0.1, -0.05) is 11.6 Å². The summed E-state index contributed by atoms with van der Waals surface area (Å²) in [6, 6.07) is 13.1. The number of esters is 1. The lowest BCUT2D eigenvalue weighted by molar-refractivity contribution is 0.0735. The summed E-state index contributed by atoms with van der Waals surface area (Å²) in [7, 11) is 0. The molecule has 0 amide bonds. The Bertz CT molecular complexity index is 520. The maximum Gasteiger partial charge on any atom is 0.343 e. The lowest BCUT2D eigenvalue weighted by atomic mass is 10.2. The molecule has 0 aromatic heterocycles. The highest BCUT2D eigenvalue weighted by Gasteiger charge is 2.07. The van der Waals surface area contributed by atoms with Crippen LogP contribution in [0.4, 0.5) is 5.69 Å². The van der Waals surface area contributed by atoms with E-state index < -0.39 is 5.97 Å². The van der Waals surface area contributed by atoms with Gasteiger partial charge < -0.3 is 10.5 Å². The van der Waals surface area contributed by atoms with Gasteiger partial charge in [0.2, 0.25) is 0 Å². The molecule has 0 radical (unpaired) electrons. The first kappa shape index (κ1) is 11.5. The highest BCUT2D eigenvalue weighted by Crippen LogP contribution is 2.16. The number of carbonyl (C=O) groups is 1. The number of anilines is 1. The summed E-state index contributed by atoms with van der Waals surface area (Å²) < 4.78 is 5.16. The number of carbonyl (C=O) groups excluding carboxylic acids is 1. The van der Waals surface area contributed by atoms with Crippen molar-refractivity contribution < 1.29 is 9.53 Å². The van der Waals surface area contributed by atoms with E-state index >= 15 is 0 Å². The van der Waals surface area contributed by atoms with Gasteiger partial charge in [0.15, 0.2) is 0 Å². The predicted molar refractivity (Wildman–Crippen MR) is 67.3 cm³/mol. The van der Waals surface area contributed by atoms with Crippen LogP contribution in [0.15, 0.2) is 48.5 Å². The first-order valence-electron chi connectivity index (χ1n) is 4.98. The van der Waals surface area contributed by atoms with Crippen molar-refractivity contribution in [3.8, 4) is 5.75 Å². The molecular formula is C13H10ClNO2. The minimum atomic E-state index is -0.425. The number of nitrogens with two attached hydrogens (primary N) is 1. The summed E-state index contributed by atoms with van der Waals surface area (Å²) in [4.78, 5) is 11.7. The average Bonchev–Trinajstić information content (AvgIpc) is 2.33. The molecule has 2 aromatic rings. The number of benzene rings is 2. The molecule has 0 bridgehead atoms. The topological polar surface area (TPSA) is 52.3 Å². The normalized spacial score (nSPS) is 9.94. The van der Waals surface area contributed by atoms with E-state index in [4.69, 9.17) is 22.1 Å². The van der Waals surface area contributed by atoms with E-state index in [-0.39, 0.29) is 0 Å². The highest BCUT2D eigenvalue weighted by atomic mass is 35.5. The number of ether oxygens (including phenoxy) is 1. The molecule has 0 aliphatic carbocycles. The van der Waals surface area contributed by atoms with Crippen LogP contribution >= 0.6 is 11.6 Å². The lowest BCUT2D eigenvalue weighted by Crippen LogP contribution is -2.08. The van der Waals surface area contributed by atoms with Gasteiger partial charge >= 0.3 is 5.97 Å². The third kappa shape index (κ3) is 2.98. The molecule has 0 aliphatic heterocycles. The minimum absolute atomic E-state index is 0.425. The fourth-order valence-electron chi connectivity index (χ4n) is 1.29. The van der Waals surface area contributed by atoms with E-state index in [2.05, 4.69) is 0 Å². The van der Waals surface area contributed by atoms with Crippen LogP contribution in [0.2, 0.25) is 5.02 Å². The third-order valence-corrected chi connectivity index (χ3v) is 2.42. The van der Waals surface area contributed by atoms with Crippen LogP contribution in [0, 0.1) is 0 Å². The Morgan fingerprint density at radius 3 is 2.18 bits per heavy atom. The van der Waals surface area contributed by atoms with Crippen LogP contribution in [0.1, 0.15) is 10.4 Å². The minimum Gasteiger partial charge on any atom is -0.423 e. The lowest BCUT2D eigenvalue weighted by Gasteiger charge is -2.04. The number of nitrogen functional groups attached to an aromatic ring is 1. The van der Waals surface area contributed by atoms with E-state index in [1.807, 2.05) is 0 Å². The van der Waals surface area contributed by atoms with E-state index in [0.29, 0.717) is 22.0 Å². The van der Waals surface area contributed by atoms with Crippen molar-refractivity contribution in [2.75, 3.05) is 5.73 Å². The third-order valence-electron chi connectivity index (χ3n) is 2.17. The van der Waals surface area contributed by atoms with Gasteiger partial charge in [-0.15, -0.1) is 0 Å². The molecule has 86 valence electrons. The van der Waals surface area contributed by atoms with Crippen molar-refractivity contribution in [3.05, 3.63) is 59.1 Å². The summed E-state index contributed by atoms with van der Waals surface area (Å²) in [5, 5.41) is 0.578. The van der Waals surface area contributed by atoms with Crippen molar-refractivity contribution in [1.29, 1.82) is 0 Å². The number of halogens is 1. The van der Waals surface area contributed by atoms with Crippen LogP contribution in [0.5, 0.6) is 5.75 Å². The van der Waals surface area contributed by atoms with Gasteiger partial charge in [-0.05, 0) is 48.5 Å². The fourth-order valence-corrected chi connectivity index (χ4v) is 1.41. The smallest absolute Gasteiger partial charge is 0.343 e. The van der Waals surface area contributed by atoms with E-state index in [9.17, 15) is 4.79 Å². The van der Waals surface area contributed by atoms with Crippen molar-refractivity contribution >= 4 is 23.3 Å². The average molecular weight is 248 g/mol. The van der Waals surface area contributed by atoms with Gasteiger partial charge in [0.25, 0.3) is 0 Å². The van der Waals surface area contributed by atoms with Crippen LogP contribution in [-0.2, 0) is 0 Å². The largest absolute Gasteiger partial charge is 0.423 e. The number of hydrogen-bond acceptors (Lipinski definition) is 3. The zero-order chi connectivity index (χ0) is 12.3. The van der Waals surface area contributed by atoms with Crippen molar-refractivity contribution in [1.82, 2.24) is 0 Å². The molecule has 0 saturated heterocycles. The number of rotatable bonds is 2. The first-order valence-corrected chi connectivity index (χ1v) is 5.36. The van der Waals surface area contributed by atoms with Crippen LogP contribution < -0.4 is 10.5 Å². The molecule has 0 fully saturated rings. The molecule has 3 nitrogen and oxygen atoms in total. The maximum atomic E-state index is 11.7. The van der Waals surface area contributed by atoms with E-state index in [1.165, 1.54) is 0 Å². The van der Waals surface area contributed by atoms with Gasteiger partial charge in [-0.3, -0.25) is 0 Å². The van der Waals surface area contributed by atoms with Crippen molar-refractivity contribution in [2.24, 2.45) is 0 Å². The monoisotopic (exact) mass is 247 g/mol. The van der Waals surface area contributed by atoms with Crippen LogP contribution in [0.25, 0.3) is 0 Å². The molecule has 0 saturated carbocycles. The second kappa shape index (κ2) is 4.89. The van der Waals surface area contributed by atoms with Gasteiger partial charge in [-0.25, -0.2) is 4.79 Å². The molecule has 0 spiro atoms. The predicted octanol–water partition coefficient (Wildman–Crippen LogP) is 3.14. The molecular weight excluding hydrogens is 238 g/mol. The molecule has 0 heterocycles. The molecule has 2 aromatic carbocycles. The first-order chi connectivity index (χ1) is 8.15. The Balaban J connectivity index is 2.11. The molecule has 0 unspecified atom stereocenters. The SMILES string of the molecule is Nc1ccc(OC(=O)c2ccc(Cl)cc2)cc1. The van der Waals surface area contributed by atoms with Gasteiger partial charge in [-0.2, -0.15) is 0 Å². The molecule has 17 heavy (non-hydrogen) atoms. The fraction of sp³-hybridized carbons (Fsp3) is 0. The Morgan fingerprint density at radius 1 is 1.00 bits per heavy atom. The van der Waals surface area contributed by atoms with Gasteiger partial charge in [0.05, 0.1) is 5.56 Å². The van der Waals surface area contributed by atoms with Crippen LogP contribution in [0.3, 0.4) is 0 Å². The van der Waals surface area contributed by atoms with E-state index in [1.54, 1.807) is 48.5 Å². The maximum absolute atomic E-state index is 11.7. The quantitative estimate of drug-likeness (QED) is 0.504. The summed E-state index contributed by atoms with van der Waals surface area (Å²) >= 11 is 5.73. The van der Waals surface area contributed by atoms with Gasteiger partial charge in [0.1, 0.15) is 5.75 Å². The summed E-state index contributed by atoms with van der Waals surface area (Å²) in [5.74, 6) is 0.0330. The summed E-state index contributed by atoms with van der Waals surface area (Å²) in [6.45, 7) is 0. The molecule has 0 atom stereocenters. The zero-order valence-electron chi connectivity index (χ0n) is 8.89. The molecule has 2 N–H and O–H groups in total. The highest BCUT2D eigenvalue weighted by molar-refractivity contribution is 6.30. The Kier molecular flexibility index (Phi) is 3.30. The molecule has 2 rings (SSSR count). The molecule has 0 aliphatic rings. The van der Waals surface area contributed by atoms with Crippen LogP contribution in [-0.4, -0.2) is 5.97 Å².